The van der Waals surface area contributed by atoms with Gasteiger partial charge < -0.3 is 15.7 Å². The van der Waals surface area contributed by atoms with Crippen molar-refractivity contribution < 1.29 is 14.7 Å². The third-order valence-corrected chi connectivity index (χ3v) is 4.69. The number of nitrogens with one attached hydrogen (secondary N) is 2. The maximum atomic E-state index is 12.3. The molecule has 0 bridgehead atoms. The van der Waals surface area contributed by atoms with Gasteiger partial charge >= 0.3 is 0 Å². The molecule has 0 saturated heterocycles. The van der Waals surface area contributed by atoms with E-state index in [-0.39, 0.29) is 24.1 Å². The van der Waals surface area contributed by atoms with Gasteiger partial charge in [0.2, 0.25) is 5.91 Å². The van der Waals surface area contributed by atoms with Crippen molar-refractivity contribution in [1.29, 1.82) is 0 Å². The quantitative estimate of drug-likeness (QED) is 0.790. The van der Waals surface area contributed by atoms with E-state index in [1.807, 2.05) is 0 Å². The Morgan fingerprint density at radius 3 is 2.71 bits per heavy atom. The molecule has 1 aromatic rings. The number of aromatic nitrogens is 1. The van der Waals surface area contributed by atoms with Gasteiger partial charge in [-0.1, -0.05) is 6.92 Å². The Morgan fingerprint density at radius 2 is 2.14 bits per heavy atom. The number of aliphatic hydroxyl groups excluding tert-OH is 1. The van der Waals surface area contributed by atoms with Crippen LogP contribution in [0.1, 0.15) is 50.0 Å². The zero-order valence-electron chi connectivity index (χ0n) is 12.3. The number of aliphatic hydroxyl groups is 1. The van der Waals surface area contributed by atoms with Crippen LogP contribution in [-0.4, -0.2) is 34.1 Å². The molecule has 0 aromatic carbocycles. The maximum Gasteiger partial charge on any atom is 0.271 e. The summed E-state index contributed by atoms with van der Waals surface area (Å²) < 4.78 is 0. The van der Waals surface area contributed by atoms with Gasteiger partial charge in [-0.2, -0.15) is 0 Å². The van der Waals surface area contributed by atoms with Crippen LogP contribution in [0.15, 0.2) is 5.38 Å². The third kappa shape index (κ3) is 4.01. The third-order valence-electron chi connectivity index (χ3n) is 3.93. The van der Waals surface area contributed by atoms with E-state index in [4.69, 9.17) is 0 Å². The van der Waals surface area contributed by atoms with Crippen molar-refractivity contribution in [3.8, 4) is 0 Å². The molecule has 1 aliphatic carbocycles. The highest BCUT2D eigenvalue weighted by Crippen LogP contribution is 2.32. The smallest absolute Gasteiger partial charge is 0.271 e. The van der Waals surface area contributed by atoms with Crippen LogP contribution in [0.2, 0.25) is 0 Å². The standard InChI is InChI=1S/C14H21N3O3S/c1-9-3-5-14(8-18,6-4-9)17-12(20)11-7-21-13(16-11)15-10(2)19/h7,9,18H,3-6,8H2,1-2H3,(H,17,20)(H,15,16,19). The Balaban J connectivity index is 2.02. The molecule has 116 valence electrons. The minimum Gasteiger partial charge on any atom is -0.394 e. The lowest BCUT2D eigenvalue weighted by Gasteiger charge is -2.38. The van der Waals surface area contributed by atoms with Gasteiger partial charge in [0, 0.05) is 12.3 Å². The van der Waals surface area contributed by atoms with Gasteiger partial charge in [0.1, 0.15) is 5.69 Å². The number of thiazole rings is 1. The van der Waals surface area contributed by atoms with Crippen LogP contribution < -0.4 is 10.6 Å². The molecule has 3 N–H and O–H groups in total. The van der Waals surface area contributed by atoms with Crippen molar-refractivity contribution in [3.05, 3.63) is 11.1 Å². The Morgan fingerprint density at radius 1 is 1.48 bits per heavy atom. The van der Waals surface area contributed by atoms with E-state index in [1.165, 1.54) is 18.3 Å². The summed E-state index contributed by atoms with van der Waals surface area (Å²) in [7, 11) is 0. The Labute approximate surface area is 128 Å². The van der Waals surface area contributed by atoms with Gasteiger partial charge in [0.25, 0.3) is 5.91 Å². The van der Waals surface area contributed by atoms with Crippen LogP contribution in [0.4, 0.5) is 5.13 Å². The van der Waals surface area contributed by atoms with Crippen LogP contribution in [0.25, 0.3) is 0 Å². The molecule has 21 heavy (non-hydrogen) atoms. The Hall–Kier alpha value is -1.47. The zero-order valence-corrected chi connectivity index (χ0v) is 13.1. The first kappa shape index (κ1) is 15.9. The van der Waals surface area contributed by atoms with Crippen molar-refractivity contribution in [3.63, 3.8) is 0 Å². The number of amides is 2. The van der Waals surface area contributed by atoms with Gasteiger partial charge in [0.05, 0.1) is 12.1 Å². The van der Waals surface area contributed by atoms with Crippen LogP contribution >= 0.6 is 11.3 Å². The molecule has 0 unspecified atom stereocenters. The van der Waals surface area contributed by atoms with Crippen molar-refractivity contribution in [2.75, 3.05) is 11.9 Å². The summed E-state index contributed by atoms with van der Waals surface area (Å²) in [5.74, 6) is 0.114. The first-order chi connectivity index (χ1) is 9.94. The molecule has 0 radical (unpaired) electrons. The van der Waals surface area contributed by atoms with Crippen LogP contribution in [-0.2, 0) is 4.79 Å². The van der Waals surface area contributed by atoms with Crippen molar-refractivity contribution in [1.82, 2.24) is 10.3 Å². The van der Waals surface area contributed by atoms with Crippen molar-refractivity contribution >= 4 is 28.3 Å². The lowest BCUT2D eigenvalue weighted by atomic mass is 9.77. The highest BCUT2D eigenvalue weighted by atomic mass is 32.1. The number of carbonyl (C=O) groups is 2. The second-order valence-electron chi connectivity index (χ2n) is 5.79. The maximum absolute atomic E-state index is 12.3. The molecule has 0 aliphatic heterocycles. The van der Waals surface area contributed by atoms with E-state index in [0.29, 0.717) is 11.0 Å². The van der Waals surface area contributed by atoms with Crippen molar-refractivity contribution in [2.45, 2.75) is 45.1 Å². The largest absolute Gasteiger partial charge is 0.394 e. The number of nitrogens with zero attached hydrogens (tertiary/aromatic N) is 1. The zero-order chi connectivity index (χ0) is 15.5. The molecule has 1 fully saturated rings. The number of hydrogen-bond acceptors (Lipinski definition) is 5. The number of hydrogen-bond donors (Lipinski definition) is 3. The van der Waals surface area contributed by atoms with Gasteiger partial charge in [-0.15, -0.1) is 11.3 Å². The molecule has 6 nitrogen and oxygen atoms in total. The highest BCUT2D eigenvalue weighted by molar-refractivity contribution is 7.14. The van der Waals surface area contributed by atoms with Crippen molar-refractivity contribution in [2.24, 2.45) is 5.92 Å². The molecule has 2 rings (SSSR count). The monoisotopic (exact) mass is 311 g/mol. The summed E-state index contributed by atoms with van der Waals surface area (Å²) in [6.07, 6.45) is 3.54. The van der Waals surface area contributed by atoms with E-state index < -0.39 is 5.54 Å². The van der Waals surface area contributed by atoms with E-state index in [0.717, 1.165) is 25.7 Å². The number of carbonyl (C=O) groups excluding carboxylic acids is 2. The predicted molar refractivity (Wildman–Crippen MR) is 81.3 cm³/mol. The summed E-state index contributed by atoms with van der Waals surface area (Å²) in [4.78, 5) is 27.3. The number of rotatable bonds is 4. The summed E-state index contributed by atoms with van der Waals surface area (Å²) in [5.41, 5.74) is -0.267. The minimum atomic E-state index is -0.540. The summed E-state index contributed by atoms with van der Waals surface area (Å²) >= 11 is 1.21. The van der Waals surface area contributed by atoms with Crippen LogP contribution in [0.3, 0.4) is 0 Å². The Kier molecular flexibility index (Phi) is 4.95. The molecular formula is C14H21N3O3S. The fourth-order valence-electron chi connectivity index (χ4n) is 2.53. The lowest BCUT2D eigenvalue weighted by Crippen LogP contribution is -2.53. The van der Waals surface area contributed by atoms with E-state index in [9.17, 15) is 14.7 Å². The molecule has 2 amide bonds. The fraction of sp³-hybridized carbons (Fsp3) is 0.643. The van der Waals surface area contributed by atoms with Gasteiger partial charge in [-0.3, -0.25) is 9.59 Å². The van der Waals surface area contributed by atoms with E-state index in [2.05, 4.69) is 22.5 Å². The van der Waals surface area contributed by atoms with Crippen LogP contribution in [0, 0.1) is 5.92 Å². The average molecular weight is 311 g/mol. The number of anilines is 1. The van der Waals surface area contributed by atoms with Crippen LogP contribution in [0.5, 0.6) is 0 Å². The first-order valence-electron chi connectivity index (χ1n) is 7.10. The fourth-order valence-corrected chi connectivity index (χ4v) is 3.26. The van der Waals surface area contributed by atoms with E-state index in [1.54, 1.807) is 5.38 Å². The highest BCUT2D eigenvalue weighted by Gasteiger charge is 2.35. The van der Waals surface area contributed by atoms with Gasteiger partial charge in [-0.25, -0.2) is 4.98 Å². The average Bonchev–Trinajstić information content (AvgIpc) is 2.89. The minimum absolute atomic E-state index is 0.0614. The molecule has 7 heteroatoms. The molecular weight excluding hydrogens is 290 g/mol. The first-order valence-corrected chi connectivity index (χ1v) is 7.98. The second-order valence-corrected chi connectivity index (χ2v) is 6.65. The Bertz CT molecular complexity index is 521. The van der Waals surface area contributed by atoms with Gasteiger partial charge in [-0.05, 0) is 31.6 Å². The SMILES string of the molecule is CC(=O)Nc1nc(C(=O)NC2(CO)CCC(C)CC2)cs1. The topological polar surface area (TPSA) is 91.3 Å². The summed E-state index contributed by atoms with van der Waals surface area (Å²) in [6.45, 7) is 3.52. The summed E-state index contributed by atoms with van der Waals surface area (Å²) in [5, 5.41) is 17.2. The molecule has 0 spiro atoms. The molecule has 1 heterocycles. The lowest BCUT2D eigenvalue weighted by molar-refractivity contribution is -0.114. The summed E-state index contributed by atoms with van der Waals surface area (Å²) in [6, 6.07) is 0. The second kappa shape index (κ2) is 6.53. The normalized spacial score (nSPS) is 25.4. The molecule has 1 aromatic heterocycles. The molecule has 1 saturated carbocycles. The predicted octanol–water partition coefficient (Wildman–Crippen LogP) is 1.77. The molecule has 0 atom stereocenters. The molecule has 1 aliphatic rings. The van der Waals surface area contributed by atoms with Gasteiger partial charge in [0.15, 0.2) is 5.13 Å². The van der Waals surface area contributed by atoms with E-state index >= 15 is 0 Å².